The van der Waals surface area contributed by atoms with Crippen molar-refractivity contribution in [2.45, 2.75) is 16.0 Å². The maximum absolute atomic E-state index is 12.8. The molecule has 2 heterocycles. The number of carbonyl (C=O) groups is 3. The van der Waals surface area contributed by atoms with Crippen molar-refractivity contribution in [1.29, 1.82) is 0 Å². The average molecular weight is 510 g/mol. The lowest BCUT2D eigenvalue weighted by molar-refractivity contribution is -0.130. The second-order valence-corrected chi connectivity index (χ2v) is 10.7. The van der Waals surface area contributed by atoms with Crippen molar-refractivity contribution in [1.82, 2.24) is 14.8 Å². The summed E-state index contributed by atoms with van der Waals surface area (Å²) in [5.74, 6) is -0.178. The summed E-state index contributed by atoms with van der Waals surface area (Å²) in [5, 5.41) is 3.38. The Morgan fingerprint density at radius 1 is 0.914 bits per heavy atom. The van der Waals surface area contributed by atoms with Gasteiger partial charge in [-0.25, -0.2) is 4.98 Å². The highest BCUT2D eigenvalue weighted by Crippen LogP contribution is 2.34. The molecule has 0 spiro atoms. The molecule has 35 heavy (non-hydrogen) atoms. The molecule has 3 amide bonds. The highest BCUT2D eigenvalue weighted by Gasteiger charge is 2.23. The maximum atomic E-state index is 12.8. The number of nitrogens with one attached hydrogen (secondary N) is 1. The van der Waals surface area contributed by atoms with Gasteiger partial charge in [0.15, 0.2) is 5.13 Å². The molecule has 1 aliphatic rings. The van der Waals surface area contributed by atoms with Gasteiger partial charge in [-0.15, -0.1) is 0 Å². The molecule has 3 aromatic rings. The highest BCUT2D eigenvalue weighted by atomic mass is 32.2. The average Bonchev–Trinajstić information content (AvgIpc) is 3.30. The molecule has 1 aliphatic heterocycles. The molecule has 1 N–H and O–H groups in total. The zero-order valence-corrected chi connectivity index (χ0v) is 21.5. The predicted molar refractivity (Wildman–Crippen MR) is 140 cm³/mol. The first-order valence-corrected chi connectivity index (χ1v) is 12.8. The molecule has 8 nitrogen and oxygen atoms in total. The summed E-state index contributed by atoms with van der Waals surface area (Å²) in [7, 11) is 3.90. The molecule has 0 aliphatic carbocycles. The minimum Gasteiger partial charge on any atom is -0.378 e. The quantitative estimate of drug-likeness (QED) is 0.542. The number of benzene rings is 2. The van der Waals surface area contributed by atoms with Crippen LogP contribution < -0.4 is 10.2 Å². The van der Waals surface area contributed by atoms with Gasteiger partial charge in [0.25, 0.3) is 11.8 Å². The van der Waals surface area contributed by atoms with E-state index in [1.807, 2.05) is 55.4 Å². The highest BCUT2D eigenvalue weighted by molar-refractivity contribution is 8.01. The Kier molecular flexibility index (Phi) is 7.72. The van der Waals surface area contributed by atoms with E-state index >= 15 is 0 Å². The zero-order valence-electron chi connectivity index (χ0n) is 19.9. The number of hydrogen-bond acceptors (Lipinski definition) is 7. The Labute approximate surface area is 212 Å². The fraction of sp³-hybridized carbons (Fsp3) is 0.280. The lowest BCUT2D eigenvalue weighted by Crippen LogP contribution is -2.50. The molecule has 10 heteroatoms. The van der Waals surface area contributed by atoms with Gasteiger partial charge in [0.2, 0.25) is 5.91 Å². The van der Waals surface area contributed by atoms with Crippen molar-refractivity contribution in [2.24, 2.45) is 0 Å². The number of hydrogen-bond donors (Lipinski definition) is 1. The van der Waals surface area contributed by atoms with Crippen LogP contribution in [0.2, 0.25) is 0 Å². The van der Waals surface area contributed by atoms with Crippen LogP contribution in [0.25, 0.3) is 0 Å². The van der Waals surface area contributed by atoms with Crippen molar-refractivity contribution >= 4 is 51.6 Å². The monoisotopic (exact) mass is 509 g/mol. The number of amides is 3. The topological polar surface area (TPSA) is 85.9 Å². The van der Waals surface area contributed by atoms with Gasteiger partial charge in [0, 0.05) is 68.9 Å². The van der Waals surface area contributed by atoms with Crippen molar-refractivity contribution in [3.05, 3.63) is 65.9 Å². The minimum atomic E-state index is -0.201. The second-order valence-electron chi connectivity index (χ2n) is 8.30. The number of rotatable bonds is 6. The van der Waals surface area contributed by atoms with E-state index in [0.29, 0.717) is 42.4 Å². The molecule has 182 valence electrons. The molecule has 0 atom stereocenters. The Morgan fingerprint density at radius 3 is 2.11 bits per heavy atom. The number of carbonyl (C=O) groups excluding carboxylic acids is 3. The van der Waals surface area contributed by atoms with E-state index in [9.17, 15) is 14.4 Å². The standard InChI is InChI=1S/C25H27N5O3S2/c1-17(31)29-12-14-30(15-13-29)24(33)19-6-10-21(11-7-19)34-22-16-26-25(35-22)27-23(32)18-4-8-20(9-5-18)28(2)3/h4-11,16H,12-15H2,1-3H3,(H,26,27,32). The summed E-state index contributed by atoms with van der Waals surface area (Å²) >= 11 is 2.92. The molecule has 4 rings (SSSR count). The number of thiazole rings is 1. The number of anilines is 2. The van der Waals surface area contributed by atoms with E-state index in [1.165, 1.54) is 23.1 Å². The first-order valence-electron chi connectivity index (χ1n) is 11.2. The minimum absolute atomic E-state index is 0.0221. The van der Waals surface area contributed by atoms with Gasteiger partial charge < -0.3 is 14.7 Å². The molecule has 0 saturated carbocycles. The summed E-state index contributed by atoms with van der Waals surface area (Å²) in [5.41, 5.74) is 2.23. The third-order valence-electron chi connectivity index (χ3n) is 5.68. The zero-order chi connectivity index (χ0) is 24.9. The van der Waals surface area contributed by atoms with Gasteiger partial charge >= 0.3 is 0 Å². The van der Waals surface area contributed by atoms with Gasteiger partial charge in [-0.2, -0.15) is 0 Å². The predicted octanol–water partition coefficient (Wildman–Crippen LogP) is 3.92. The Hall–Kier alpha value is -3.37. The normalized spacial score (nSPS) is 13.5. The Morgan fingerprint density at radius 2 is 1.51 bits per heavy atom. The van der Waals surface area contributed by atoms with Crippen LogP contribution in [0, 0.1) is 0 Å². The lowest BCUT2D eigenvalue weighted by Gasteiger charge is -2.34. The van der Waals surface area contributed by atoms with Crippen molar-refractivity contribution < 1.29 is 14.4 Å². The summed E-state index contributed by atoms with van der Waals surface area (Å²) in [4.78, 5) is 47.6. The van der Waals surface area contributed by atoms with Crippen LogP contribution in [0.3, 0.4) is 0 Å². The largest absolute Gasteiger partial charge is 0.378 e. The van der Waals surface area contributed by atoms with E-state index in [-0.39, 0.29) is 17.7 Å². The number of aromatic nitrogens is 1. The summed E-state index contributed by atoms with van der Waals surface area (Å²) < 4.78 is 0.933. The van der Waals surface area contributed by atoms with E-state index in [2.05, 4.69) is 10.3 Å². The van der Waals surface area contributed by atoms with Crippen LogP contribution in [0.4, 0.5) is 10.8 Å². The van der Waals surface area contributed by atoms with Crippen LogP contribution in [-0.2, 0) is 4.79 Å². The Bertz CT molecular complexity index is 1200. The fourth-order valence-corrected chi connectivity index (χ4v) is 5.48. The van der Waals surface area contributed by atoms with E-state index in [4.69, 9.17) is 0 Å². The van der Waals surface area contributed by atoms with Gasteiger partial charge in [0.05, 0.1) is 10.4 Å². The van der Waals surface area contributed by atoms with Crippen molar-refractivity contribution in [3.8, 4) is 0 Å². The number of piperazine rings is 1. The van der Waals surface area contributed by atoms with E-state index < -0.39 is 0 Å². The maximum Gasteiger partial charge on any atom is 0.257 e. The van der Waals surface area contributed by atoms with Gasteiger partial charge in [-0.3, -0.25) is 19.7 Å². The van der Waals surface area contributed by atoms with Crippen molar-refractivity contribution in [2.75, 3.05) is 50.5 Å². The Balaban J connectivity index is 1.32. The fourth-order valence-electron chi connectivity index (χ4n) is 3.63. The molecule has 1 fully saturated rings. The van der Waals surface area contributed by atoms with Gasteiger partial charge in [-0.05, 0) is 48.5 Å². The lowest BCUT2D eigenvalue weighted by atomic mass is 10.2. The van der Waals surface area contributed by atoms with Crippen LogP contribution in [0.5, 0.6) is 0 Å². The molecule has 0 bridgehead atoms. The molecule has 0 unspecified atom stereocenters. The van der Waals surface area contributed by atoms with Gasteiger partial charge in [0.1, 0.15) is 0 Å². The molecule has 1 aromatic heterocycles. The number of nitrogens with zero attached hydrogens (tertiary/aromatic N) is 4. The van der Waals surface area contributed by atoms with Gasteiger partial charge in [-0.1, -0.05) is 23.1 Å². The van der Waals surface area contributed by atoms with E-state index in [1.54, 1.807) is 35.1 Å². The molecular weight excluding hydrogens is 482 g/mol. The van der Waals surface area contributed by atoms with E-state index in [0.717, 1.165) is 14.8 Å². The summed E-state index contributed by atoms with van der Waals surface area (Å²) in [6.45, 7) is 3.79. The molecule has 0 radical (unpaired) electrons. The van der Waals surface area contributed by atoms with Crippen LogP contribution in [0.15, 0.2) is 63.8 Å². The molecule has 2 aromatic carbocycles. The summed E-state index contributed by atoms with van der Waals surface area (Å²) in [6.07, 6.45) is 1.73. The molecule has 1 saturated heterocycles. The van der Waals surface area contributed by atoms with Crippen LogP contribution in [0.1, 0.15) is 27.6 Å². The smallest absolute Gasteiger partial charge is 0.257 e. The van der Waals surface area contributed by atoms with Crippen LogP contribution in [-0.4, -0.2) is 72.8 Å². The first kappa shape index (κ1) is 24.7. The third-order valence-corrected chi connectivity index (χ3v) is 7.70. The first-order chi connectivity index (χ1) is 16.8. The molecular formula is C25H27N5O3S2. The van der Waals surface area contributed by atoms with Crippen LogP contribution >= 0.6 is 23.1 Å². The second kappa shape index (κ2) is 10.9. The summed E-state index contributed by atoms with van der Waals surface area (Å²) in [6, 6.07) is 14.9. The van der Waals surface area contributed by atoms with Crippen molar-refractivity contribution in [3.63, 3.8) is 0 Å². The SMILES string of the molecule is CC(=O)N1CCN(C(=O)c2ccc(Sc3cnc(NC(=O)c4ccc(N(C)C)cc4)s3)cc2)CC1. The third kappa shape index (κ3) is 6.20.